The molecule has 2 N–H and O–H groups in total. The van der Waals surface area contributed by atoms with Crippen molar-refractivity contribution in [2.45, 2.75) is 6.92 Å². The van der Waals surface area contributed by atoms with Gasteiger partial charge in [-0.3, -0.25) is 20.4 Å². The molecule has 0 atom stereocenters. The maximum Gasteiger partial charge on any atom is 0.340 e. The minimum atomic E-state index is -0.616. The van der Waals surface area contributed by atoms with Gasteiger partial charge in [-0.2, -0.15) is 0 Å². The van der Waals surface area contributed by atoms with Gasteiger partial charge in [0.15, 0.2) is 6.61 Å². The van der Waals surface area contributed by atoms with Crippen molar-refractivity contribution in [3.8, 4) is 0 Å². The summed E-state index contributed by atoms with van der Waals surface area (Å²) in [6.45, 7) is 0.775. The Balaban J connectivity index is 2.03. The molecule has 0 unspecified atom stereocenters. The standard InChI is InChI=1S/C15H14N2O4S2/c1-10(18)16-17-14(19)9-21-15(20)12(13-5-3-7-23-13)8-11-4-2-6-22-11/h2-8H,9H2,1H3,(H,16,18)(H,17,19)/b12-8+. The first-order valence-corrected chi connectivity index (χ1v) is 8.34. The Hall–Kier alpha value is -2.45. The van der Waals surface area contributed by atoms with E-state index in [0.29, 0.717) is 5.57 Å². The molecule has 0 aromatic carbocycles. The van der Waals surface area contributed by atoms with Gasteiger partial charge in [-0.1, -0.05) is 12.1 Å². The first-order chi connectivity index (χ1) is 11.1. The fourth-order valence-corrected chi connectivity index (χ4v) is 2.97. The zero-order valence-electron chi connectivity index (χ0n) is 12.2. The summed E-state index contributed by atoms with van der Waals surface area (Å²) in [7, 11) is 0. The van der Waals surface area contributed by atoms with E-state index in [4.69, 9.17) is 4.74 Å². The molecule has 120 valence electrons. The van der Waals surface area contributed by atoms with E-state index in [1.54, 1.807) is 6.08 Å². The predicted molar refractivity (Wildman–Crippen MR) is 89.4 cm³/mol. The molecule has 0 fully saturated rings. The molecule has 2 amide bonds. The second kappa shape index (κ2) is 8.25. The molecule has 0 aliphatic carbocycles. The Morgan fingerprint density at radius 1 is 1.13 bits per heavy atom. The summed E-state index contributed by atoms with van der Waals surface area (Å²) >= 11 is 2.90. The summed E-state index contributed by atoms with van der Waals surface area (Å²) in [5.74, 6) is -1.63. The molecular formula is C15H14N2O4S2. The summed E-state index contributed by atoms with van der Waals surface area (Å²) in [5, 5.41) is 3.76. The normalized spacial score (nSPS) is 10.9. The van der Waals surface area contributed by atoms with E-state index in [0.717, 1.165) is 9.75 Å². The van der Waals surface area contributed by atoms with Crippen LogP contribution in [0.2, 0.25) is 0 Å². The number of amides is 2. The number of carbonyl (C=O) groups is 3. The number of ether oxygens (including phenoxy) is 1. The number of carbonyl (C=O) groups excluding carboxylic acids is 3. The SMILES string of the molecule is CC(=O)NNC(=O)COC(=O)/C(=C/c1cccs1)c1cccs1. The molecule has 0 bridgehead atoms. The number of thiophene rings is 2. The molecule has 0 saturated carbocycles. The molecule has 2 aromatic heterocycles. The van der Waals surface area contributed by atoms with Crippen molar-refractivity contribution in [2.75, 3.05) is 6.61 Å². The molecule has 2 aromatic rings. The second-order valence-corrected chi connectivity index (χ2v) is 6.28. The van der Waals surface area contributed by atoms with Crippen LogP contribution in [0.4, 0.5) is 0 Å². The van der Waals surface area contributed by atoms with Gasteiger partial charge >= 0.3 is 5.97 Å². The third-order valence-corrected chi connectivity index (χ3v) is 4.27. The highest BCUT2D eigenvalue weighted by Crippen LogP contribution is 2.25. The molecule has 0 spiro atoms. The van der Waals surface area contributed by atoms with Gasteiger partial charge in [0.1, 0.15) is 0 Å². The van der Waals surface area contributed by atoms with Crippen LogP contribution in [-0.2, 0) is 19.1 Å². The third kappa shape index (κ3) is 5.35. The van der Waals surface area contributed by atoms with Crippen LogP contribution in [0.15, 0.2) is 35.0 Å². The minimum absolute atomic E-state index is 0.384. The summed E-state index contributed by atoms with van der Waals surface area (Å²) < 4.78 is 5.01. The van der Waals surface area contributed by atoms with E-state index in [1.807, 2.05) is 35.0 Å². The zero-order valence-corrected chi connectivity index (χ0v) is 13.8. The van der Waals surface area contributed by atoms with Gasteiger partial charge in [-0.15, -0.1) is 22.7 Å². The maximum atomic E-state index is 12.3. The van der Waals surface area contributed by atoms with Crippen molar-refractivity contribution in [3.63, 3.8) is 0 Å². The van der Waals surface area contributed by atoms with Crippen LogP contribution in [0.25, 0.3) is 11.6 Å². The van der Waals surface area contributed by atoms with Gasteiger partial charge in [0, 0.05) is 16.7 Å². The van der Waals surface area contributed by atoms with Gasteiger partial charge in [0.05, 0.1) is 5.57 Å². The lowest BCUT2D eigenvalue weighted by molar-refractivity contribution is -0.143. The van der Waals surface area contributed by atoms with Crippen LogP contribution in [0.5, 0.6) is 0 Å². The quantitative estimate of drug-likeness (QED) is 0.491. The molecule has 6 nitrogen and oxygen atoms in total. The molecule has 2 rings (SSSR count). The topological polar surface area (TPSA) is 84.5 Å². The summed E-state index contributed by atoms with van der Waals surface area (Å²) in [4.78, 5) is 36.1. The molecule has 2 heterocycles. The summed E-state index contributed by atoms with van der Waals surface area (Å²) in [5.41, 5.74) is 4.63. The summed E-state index contributed by atoms with van der Waals surface area (Å²) in [6.07, 6.45) is 1.73. The Morgan fingerprint density at radius 3 is 2.48 bits per heavy atom. The van der Waals surface area contributed by atoms with Gasteiger partial charge in [0.2, 0.25) is 5.91 Å². The van der Waals surface area contributed by atoms with Crippen molar-refractivity contribution >= 4 is 52.1 Å². The van der Waals surface area contributed by atoms with Crippen molar-refractivity contribution < 1.29 is 19.1 Å². The van der Waals surface area contributed by atoms with Gasteiger partial charge < -0.3 is 4.74 Å². The summed E-state index contributed by atoms with van der Waals surface area (Å²) in [6, 6.07) is 7.41. The smallest absolute Gasteiger partial charge is 0.340 e. The number of nitrogens with one attached hydrogen (secondary N) is 2. The van der Waals surface area contributed by atoms with Crippen LogP contribution >= 0.6 is 22.7 Å². The van der Waals surface area contributed by atoms with E-state index >= 15 is 0 Å². The van der Waals surface area contributed by atoms with Crippen LogP contribution in [0, 0.1) is 0 Å². The van der Waals surface area contributed by atoms with Gasteiger partial charge in [-0.25, -0.2) is 4.79 Å². The molecular weight excluding hydrogens is 336 g/mol. The number of hydrogen-bond acceptors (Lipinski definition) is 6. The van der Waals surface area contributed by atoms with Crippen molar-refractivity contribution in [1.82, 2.24) is 10.9 Å². The first kappa shape index (κ1) is 16.9. The van der Waals surface area contributed by atoms with Gasteiger partial charge in [-0.05, 0) is 29.0 Å². The average molecular weight is 350 g/mol. The Bertz CT molecular complexity index is 706. The highest BCUT2D eigenvalue weighted by atomic mass is 32.1. The number of hydrazine groups is 1. The number of esters is 1. The fraction of sp³-hybridized carbons (Fsp3) is 0.133. The van der Waals surface area contributed by atoms with Crippen LogP contribution < -0.4 is 10.9 Å². The maximum absolute atomic E-state index is 12.3. The van der Waals surface area contributed by atoms with E-state index < -0.39 is 24.4 Å². The molecule has 8 heteroatoms. The lowest BCUT2D eigenvalue weighted by atomic mass is 10.2. The van der Waals surface area contributed by atoms with E-state index in [1.165, 1.54) is 29.6 Å². The number of hydrogen-bond donors (Lipinski definition) is 2. The lowest BCUT2D eigenvalue weighted by Crippen LogP contribution is -2.42. The van der Waals surface area contributed by atoms with Crippen LogP contribution in [-0.4, -0.2) is 24.4 Å². The van der Waals surface area contributed by atoms with Crippen molar-refractivity contribution in [1.29, 1.82) is 0 Å². The van der Waals surface area contributed by atoms with E-state index in [-0.39, 0.29) is 0 Å². The zero-order chi connectivity index (χ0) is 16.7. The lowest BCUT2D eigenvalue weighted by Gasteiger charge is -2.08. The Kier molecular flexibility index (Phi) is 6.07. The highest BCUT2D eigenvalue weighted by Gasteiger charge is 2.16. The molecule has 23 heavy (non-hydrogen) atoms. The molecule has 0 aliphatic rings. The Labute approximate surface area is 140 Å². The molecule has 0 radical (unpaired) electrons. The van der Waals surface area contributed by atoms with Gasteiger partial charge in [0.25, 0.3) is 5.91 Å². The monoisotopic (exact) mass is 350 g/mol. The van der Waals surface area contributed by atoms with Crippen LogP contribution in [0.3, 0.4) is 0 Å². The minimum Gasteiger partial charge on any atom is -0.452 e. The van der Waals surface area contributed by atoms with E-state index in [2.05, 4.69) is 10.9 Å². The predicted octanol–water partition coefficient (Wildman–Crippen LogP) is 2.06. The average Bonchev–Trinajstić information content (AvgIpc) is 3.21. The fourth-order valence-electron chi connectivity index (χ4n) is 1.58. The third-order valence-electron chi connectivity index (χ3n) is 2.55. The second-order valence-electron chi connectivity index (χ2n) is 4.36. The van der Waals surface area contributed by atoms with E-state index in [9.17, 15) is 14.4 Å². The van der Waals surface area contributed by atoms with Crippen LogP contribution in [0.1, 0.15) is 16.7 Å². The first-order valence-electron chi connectivity index (χ1n) is 6.58. The largest absolute Gasteiger partial charge is 0.452 e. The molecule has 0 saturated heterocycles. The van der Waals surface area contributed by atoms with Crippen molar-refractivity contribution in [2.24, 2.45) is 0 Å². The Morgan fingerprint density at radius 2 is 1.87 bits per heavy atom. The number of rotatable bonds is 5. The molecule has 0 aliphatic heterocycles. The van der Waals surface area contributed by atoms with Crippen molar-refractivity contribution in [3.05, 3.63) is 44.8 Å². The highest BCUT2D eigenvalue weighted by molar-refractivity contribution is 7.12.